The number of ether oxygens (including phenoxy) is 3. The van der Waals surface area contributed by atoms with E-state index in [0.717, 1.165) is 90.5 Å². The summed E-state index contributed by atoms with van der Waals surface area (Å²) in [5, 5.41) is 12.7. The van der Waals surface area contributed by atoms with Crippen LogP contribution in [0.2, 0.25) is 0 Å². The van der Waals surface area contributed by atoms with Crippen molar-refractivity contribution in [3.8, 4) is 17.0 Å². The van der Waals surface area contributed by atoms with Gasteiger partial charge in [0, 0.05) is 88.9 Å². The fourth-order valence-electron chi connectivity index (χ4n) is 5.71. The Morgan fingerprint density at radius 1 is 1.11 bits per heavy atom. The summed E-state index contributed by atoms with van der Waals surface area (Å²) in [5.41, 5.74) is 4.53. The molecule has 0 saturated carbocycles. The van der Waals surface area contributed by atoms with Gasteiger partial charge >= 0.3 is 0 Å². The number of morpholine rings is 1. The minimum atomic E-state index is 0.0971. The largest absolute Gasteiger partial charge is 0.496 e. The molecule has 0 unspecified atom stereocenters. The molecule has 0 amide bonds. The average Bonchev–Trinajstić information content (AvgIpc) is 3.47. The highest BCUT2D eigenvalue weighted by molar-refractivity contribution is 7.22. The third kappa shape index (κ3) is 6.32. The summed E-state index contributed by atoms with van der Waals surface area (Å²) >= 11 is 1.70. The highest BCUT2D eigenvalue weighted by Crippen LogP contribution is 2.38. The van der Waals surface area contributed by atoms with Crippen molar-refractivity contribution in [1.29, 1.82) is 5.41 Å². The first-order valence-corrected chi connectivity index (χ1v) is 15.7. The van der Waals surface area contributed by atoms with Crippen molar-refractivity contribution >= 4 is 50.2 Å². The number of hydrogen-bond donors (Lipinski definition) is 2. The molecule has 4 aromatic heterocycles. The van der Waals surface area contributed by atoms with Crippen LogP contribution in [0.4, 0.5) is 22.5 Å². The number of thiazole rings is 1. The smallest absolute Gasteiger partial charge is 0.186 e. The zero-order valence-electron chi connectivity index (χ0n) is 25.7. The molecule has 2 saturated heterocycles. The van der Waals surface area contributed by atoms with E-state index in [4.69, 9.17) is 34.6 Å². The molecule has 13 heteroatoms. The Hall–Kier alpha value is -3.91. The van der Waals surface area contributed by atoms with E-state index in [1.54, 1.807) is 38.0 Å². The first kappa shape index (κ1) is 30.1. The van der Waals surface area contributed by atoms with Gasteiger partial charge in [0.25, 0.3) is 0 Å². The molecule has 12 nitrogen and oxygen atoms in total. The quantitative estimate of drug-likeness (QED) is 0.249. The normalized spacial score (nSPS) is 17.7. The Bertz CT molecular complexity index is 1620. The molecule has 232 valence electrons. The van der Waals surface area contributed by atoms with E-state index in [1.165, 1.54) is 6.21 Å². The van der Waals surface area contributed by atoms with Crippen LogP contribution in [0, 0.1) is 12.3 Å². The Balaban J connectivity index is 1.37. The van der Waals surface area contributed by atoms with E-state index < -0.39 is 0 Å². The van der Waals surface area contributed by atoms with E-state index in [0.29, 0.717) is 29.4 Å². The second kappa shape index (κ2) is 13.4. The first-order chi connectivity index (χ1) is 21.5. The lowest BCUT2D eigenvalue weighted by atomic mass is 10.1. The Morgan fingerprint density at radius 2 is 1.95 bits per heavy atom. The van der Waals surface area contributed by atoms with Crippen LogP contribution in [-0.2, 0) is 9.47 Å². The lowest BCUT2D eigenvalue weighted by Gasteiger charge is -2.34. The summed E-state index contributed by atoms with van der Waals surface area (Å²) in [5.74, 6) is 2.21. The molecule has 4 aromatic rings. The Kier molecular flexibility index (Phi) is 9.17. The van der Waals surface area contributed by atoms with Gasteiger partial charge in [-0.25, -0.2) is 9.97 Å². The minimum absolute atomic E-state index is 0.0971. The number of nitrogens with zero attached hydrogens (tertiary/aromatic N) is 7. The fraction of sp³-hybridized carbons (Fsp3) is 0.452. The molecule has 0 radical (unpaired) electrons. The van der Waals surface area contributed by atoms with E-state index in [-0.39, 0.29) is 6.10 Å². The number of fused-ring (bicyclic) bond motifs is 1. The third-order valence-corrected chi connectivity index (χ3v) is 9.14. The Labute approximate surface area is 261 Å². The maximum absolute atomic E-state index is 8.16. The van der Waals surface area contributed by atoms with Crippen molar-refractivity contribution in [2.24, 2.45) is 0 Å². The third-order valence-electron chi connectivity index (χ3n) is 8.08. The summed E-state index contributed by atoms with van der Waals surface area (Å²) in [6.45, 7) is 11.6. The number of piperazine rings is 1. The first-order valence-electron chi connectivity index (χ1n) is 14.9. The van der Waals surface area contributed by atoms with Gasteiger partial charge in [0.2, 0.25) is 0 Å². The Morgan fingerprint density at radius 3 is 2.70 bits per heavy atom. The predicted octanol–water partition coefficient (Wildman–Crippen LogP) is 4.20. The van der Waals surface area contributed by atoms with Crippen molar-refractivity contribution < 1.29 is 14.2 Å². The maximum atomic E-state index is 8.16. The van der Waals surface area contributed by atoms with E-state index in [2.05, 4.69) is 38.0 Å². The molecule has 2 aliphatic rings. The fourth-order valence-corrected chi connectivity index (χ4v) is 6.76. The number of hydrogen-bond acceptors (Lipinski definition) is 13. The zero-order valence-corrected chi connectivity index (χ0v) is 26.5. The standard InChI is InChI=1S/C31H39N9O3S/c1-20-19-40(12-14-43-20)30-29-27(44-31(37-29)39-9-7-38(8-10-39)11-13-41-3)16-28(36-30)35-24-15-25(34-21(2)22(24)17-32)23-18-33-6-5-26(23)42-4/h5-6,15-18,20,32H,7-14,19H2,1-4H3,(H,34,35,36)/t20-/m0/s1. The van der Waals surface area contributed by atoms with Crippen LogP contribution in [0.3, 0.4) is 0 Å². The van der Waals surface area contributed by atoms with Gasteiger partial charge in [0.1, 0.15) is 17.1 Å². The SMILES string of the molecule is COCCN1CCN(c2nc3c(N4CCO[C@@H](C)C4)nc(Nc4cc(-c5cnccc5OC)nc(C)c4C=N)cc3s2)CC1. The molecule has 0 aliphatic carbocycles. The molecule has 2 N–H and O–H groups in total. The molecule has 0 spiro atoms. The number of pyridine rings is 3. The lowest BCUT2D eigenvalue weighted by Crippen LogP contribution is -2.47. The highest BCUT2D eigenvalue weighted by atomic mass is 32.1. The number of methoxy groups -OCH3 is 2. The predicted molar refractivity (Wildman–Crippen MR) is 175 cm³/mol. The van der Waals surface area contributed by atoms with Gasteiger partial charge in [0.05, 0.1) is 48.1 Å². The molecule has 2 aliphatic heterocycles. The van der Waals surface area contributed by atoms with Crippen LogP contribution in [0.15, 0.2) is 30.6 Å². The van der Waals surface area contributed by atoms with Crippen LogP contribution < -0.4 is 19.9 Å². The van der Waals surface area contributed by atoms with Crippen LogP contribution >= 0.6 is 11.3 Å². The van der Waals surface area contributed by atoms with Gasteiger partial charge in [-0.1, -0.05) is 11.3 Å². The zero-order chi connectivity index (χ0) is 30.6. The van der Waals surface area contributed by atoms with Gasteiger partial charge in [-0.2, -0.15) is 0 Å². The summed E-state index contributed by atoms with van der Waals surface area (Å²) < 4.78 is 17.8. The van der Waals surface area contributed by atoms with Gasteiger partial charge in [-0.3, -0.25) is 14.9 Å². The van der Waals surface area contributed by atoms with Crippen molar-refractivity contribution in [1.82, 2.24) is 24.8 Å². The van der Waals surface area contributed by atoms with Crippen LogP contribution in [-0.4, -0.2) is 110 Å². The van der Waals surface area contributed by atoms with Crippen LogP contribution in [0.5, 0.6) is 5.75 Å². The molecule has 44 heavy (non-hydrogen) atoms. The second-order valence-corrected chi connectivity index (χ2v) is 12.0. The van der Waals surface area contributed by atoms with Gasteiger partial charge < -0.3 is 34.7 Å². The average molecular weight is 618 g/mol. The molecule has 2 fully saturated rings. The topological polar surface area (TPSA) is 125 Å². The molecule has 6 heterocycles. The number of aryl methyl sites for hydroxylation is 1. The number of aromatic nitrogens is 4. The van der Waals surface area contributed by atoms with Gasteiger partial charge in [0.15, 0.2) is 10.9 Å². The number of nitrogens with one attached hydrogen (secondary N) is 2. The van der Waals surface area contributed by atoms with Gasteiger partial charge in [-0.05, 0) is 26.0 Å². The van der Waals surface area contributed by atoms with E-state index in [1.807, 2.05) is 19.1 Å². The molecular weight excluding hydrogens is 578 g/mol. The highest BCUT2D eigenvalue weighted by Gasteiger charge is 2.26. The second-order valence-electron chi connectivity index (χ2n) is 11.0. The summed E-state index contributed by atoms with van der Waals surface area (Å²) in [7, 11) is 3.38. The maximum Gasteiger partial charge on any atom is 0.186 e. The van der Waals surface area contributed by atoms with Crippen LogP contribution in [0.25, 0.3) is 21.5 Å². The molecule has 6 rings (SSSR count). The summed E-state index contributed by atoms with van der Waals surface area (Å²) in [6.07, 6.45) is 4.86. The van der Waals surface area contributed by atoms with E-state index in [9.17, 15) is 0 Å². The summed E-state index contributed by atoms with van der Waals surface area (Å²) in [4.78, 5) is 26.4. The van der Waals surface area contributed by atoms with E-state index >= 15 is 0 Å². The molecule has 1 atom stereocenters. The van der Waals surface area contributed by atoms with Crippen molar-refractivity contribution in [3.63, 3.8) is 0 Å². The number of anilines is 4. The monoisotopic (exact) mass is 617 g/mol. The van der Waals surface area contributed by atoms with Crippen LogP contribution in [0.1, 0.15) is 18.2 Å². The minimum Gasteiger partial charge on any atom is -0.496 e. The number of rotatable bonds is 10. The lowest BCUT2D eigenvalue weighted by molar-refractivity contribution is 0.0530. The molecule has 0 bridgehead atoms. The molecule has 0 aromatic carbocycles. The van der Waals surface area contributed by atoms with Crippen molar-refractivity contribution in [2.45, 2.75) is 20.0 Å². The summed E-state index contributed by atoms with van der Waals surface area (Å²) in [6, 6.07) is 5.80. The van der Waals surface area contributed by atoms with Gasteiger partial charge in [-0.15, -0.1) is 0 Å². The van der Waals surface area contributed by atoms with Crippen molar-refractivity contribution in [3.05, 3.63) is 41.9 Å². The molecular formula is C31H39N9O3S. The van der Waals surface area contributed by atoms with Crippen molar-refractivity contribution in [2.75, 3.05) is 88.4 Å².